The van der Waals surface area contributed by atoms with Crippen LogP contribution in [0.2, 0.25) is 0 Å². The molecule has 1 spiro atoms. The number of piperidine rings is 2. The van der Waals surface area contributed by atoms with Gasteiger partial charge in [-0.15, -0.1) is 0 Å². The molecule has 2 saturated heterocycles. The van der Waals surface area contributed by atoms with Crippen LogP contribution in [0.5, 0.6) is 0 Å². The Bertz CT molecular complexity index is 807. The molecule has 0 aliphatic carbocycles. The number of furan rings is 1. The molecule has 5 atom stereocenters. The van der Waals surface area contributed by atoms with Gasteiger partial charge in [0.15, 0.2) is 5.76 Å². The van der Waals surface area contributed by atoms with Crippen LogP contribution in [0.15, 0.2) is 39.9 Å². The predicted molar refractivity (Wildman–Crippen MR) is 97.2 cm³/mol. The van der Waals surface area contributed by atoms with Gasteiger partial charge >= 0.3 is 0 Å². The third-order valence-electron chi connectivity index (χ3n) is 6.32. The Morgan fingerprint density at radius 3 is 2.84 bits per heavy atom. The van der Waals surface area contributed by atoms with Crippen LogP contribution in [0.4, 0.5) is 0 Å². The molecule has 5 heteroatoms. The van der Waals surface area contributed by atoms with Gasteiger partial charge in [-0.25, -0.2) is 0 Å². The average molecular weight is 339 g/mol. The summed E-state index contributed by atoms with van der Waals surface area (Å²) in [4.78, 5) is 11.1. The SMILES string of the molecule is CC1CC2CN(C1)CC(C)C21ON=C(c2cc3ccccc3o2)N1C. The number of fused-ring (bicyclic) bond motifs is 4. The predicted octanol–water partition coefficient (Wildman–Crippen LogP) is 3.36. The quantitative estimate of drug-likeness (QED) is 0.799. The second-order valence-electron chi connectivity index (χ2n) is 8.12. The van der Waals surface area contributed by atoms with E-state index in [9.17, 15) is 0 Å². The molecule has 0 amide bonds. The number of para-hydroxylation sites is 1. The Kier molecular flexibility index (Phi) is 3.20. The van der Waals surface area contributed by atoms with E-state index < -0.39 is 0 Å². The van der Waals surface area contributed by atoms with Gasteiger partial charge in [-0.2, -0.15) is 0 Å². The first-order valence-electron chi connectivity index (χ1n) is 9.29. The van der Waals surface area contributed by atoms with E-state index >= 15 is 0 Å². The van der Waals surface area contributed by atoms with Crippen molar-refractivity contribution in [2.75, 3.05) is 26.7 Å². The zero-order valence-electron chi connectivity index (χ0n) is 15.1. The zero-order valence-corrected chi connectivity index (χ0v) is 15.1. The molecule has 2 aromatic rings. The molecule has 3 aliphatic heterocycles. The first-order chi connectivity index (χ1) is 12.1. The summed E-state index contributed by atoms with van der Waals surface area (Å²) in [7, 11) is 2.12. The highest BCUT2D eigenvalue weighted by Crippen LogP contribution is 2.47. The van der Waals surface area contributed by atoms with Crippen molar-refractivity contribution in [3.05, 3.63) is 36.1 Å². The van der Waals surface area contributed by atoms with Gasteiger partial charge in [0, 0.05) is 43.9 Å². The molecular weight excluding hydrogens is 314 g/mol. The number of hydrogen-bond donors (Lipinski definition) is 0. The summed E-state index contributed by atoms with van der Waals surface area (Å²) in [6.45, 7) is 8.01. The minimum Gasteiger partial charge on any atom is -0.453 e. The number of nitrogens with zero attached hydrogens (tertiary/aromatic N) is 3. The molecule has 5 rings (SSSR count). The highest BCUT2D eigenvalue weighted by molar-refractivity contribution is 6.00. The number of hydrogen-bond acceptors (Lipinski definition) is 5. The van der Waals surface area contributed by atoms with E-state index in [0.717, 1.165) is 35.7 Å². The van der Waals surface area contributed by atoms with Crippen LogP contribution in [0.1, 0.15) is 26.0 Å². The van der Waals surface area contributed by atoms with Gasteiger partial charge in [0.25, 0.3) is 0 Å². The van der Waals surface area contributed by atoms with Gasteiger partial charge in [0.1, 0.15) is 5.58 Å². The van der Waals surface area contributed by atoms with E-state index in [4.69, 9.17) is 9.25 Å². The maximum absolute atomic E-state index is 6.23. The van der Waals surface area contributed by atoms with Crippen molar-refractivity contribution < 1.29 is 9.25 Å². The van der Waals surface area contributed by atoms with E-state index in [2.05, 4.69) is 48.0 Å². The third-order valence-corrected chi connectivity index (χ3v) is 6.32. The lowest BCUT2D eigenvalue weighted by atomic mass is 9.72. The number of benzene rings is 1. The van der Waals surface area contributed by atoms with Gasteiger partial charge in [0.2, 0.25) is 11.6 Å². The van der Waals surface area contributed by atoms with Crippen LogP contribution in [-0.2, 0) is 4.84 Å². The first-order valence-corrected chi connectivity index (χ1v) is 9.29. The minimum atomic E-state index is -0.348. The minimum absolute atomic E-state index is 0.348. The molecule has 25 heavy (non-hydrogen) atoms. The Morgan fingerprint density at radius 2 is 2.00 bits per heavy atom. The van der Waals surface area contributed by atoms with Crippen molar-refractivity contribution in [1.29, 1.82) is 0 Å². The summed E-state index contributed by atoms with van der Waals surface area (Å²) in [6.07, 6.45) is 1.19. The third kappa shape index (κ3) is 2.08. The molecule has 4 heterocycles. The van der Waals surface area contributed by atoms with E-state index in [1.165, 1.54) is 13.0 Å². The molecule has 5 nitrogen and oxygen atoms in total. The van der Waals surface area contributed by atoms with Gasteiger partial charge in [-0.05, 0) is 24.5 Å². The molecule has 1 aromatic carbocycles. The van der Waals surface area contributed by atoms with Crippen LogP contribution in [0.25, 0.3) is 11.0 Å². The second kappa shape index (κ2) is 5.24. The van der Waals surface area contributed by atoms with Crippen LogP contribution < -0.4 is 0 Å². The Labute approximate surface area is 148 Å². The Balaban J connectivity index is 1.51. The summed E-state index contributed by atoms with van der Waals surface area (Å²) in [5.41, 5.74) is 0.545. The summed E-state index contributed by atoms with van der Waals surface area (Å²) in [6, 6.07) is 10.2. The fourth-order valence-electron chi connectivity index (χ4n) is 5.31. The first kappa shape index (κ1) is 15.3. The van der Waals surface area contributed by atoms with Crippen LogP contribution in [0, 0.1) is 17.8 Å². The molecule has 0 N–H and O–H groups in total. The molecule has 0 radical (unpaired) electrons. The highest BCUT2D eigenvalue weighted by Gasteiger charge is 2.59. The average Bonchev–Trinajstić information content (AvgIpc) is 3.14. The van der Waals surface area contributed by atoms with E-state index in [1.54, 1.807) is 0 Å². The van der Waals surface area contributed by atoms with Gasteiger partial charge in [-0.1, -0.05) is 37.2 Å². The van der Waals surface area contributed by atoms with E-state index in [0.29, 0.717) is 17.8 Å². The summed E-state index contributed by atoms with van der Waals surface area (Å²) < 4.78 is 6.05. The van der Waals surface area contributed by atoms with Crippen molar-refractivity contribution in [3.8, 4) is 0 Å². The number of amidine groups is 1. The summed E-state index contributed by atoms with van der Waals surface area (Å²) in [5.74, 6) is 3.18. The van der Waals surface area contributed by atoms with Crippen LogP contribution in [-0.4, -0.2) is 48.0 Å². The van der Waals surface area contributed by atoms with Crippen molar-refractivity contribution in [2.45, 2.75) is 26.0 Å². The molecule has 0 saturated carbocycles. The number of rotatable bonds is 1. The van der Waals surface area contributed by atoms with Gasteiger partial charge < -0.3 is 19.1 Å². The maximum atomic E-state index is 6.23. The van der Waals surface area contributed by atoms with Crippen LogP contribution in [0.3, 0.4) is 0 Å². The normalized spacial score (nSPS) is 37.4. The van der Waals surface area contributed by atoms with Crippen LogP contribution >= 0.6 is 0 Å². The molecule has 2 fully saturated rings. The lowest BCUT2D eigenvalue weighted by Crippen LogP contribution is -2.67. The van der Waals surface area contributed by atoms with Crippen molar-refractivity contribution >= 4 is 16.8 Å². The summed E-state index contributed by atoms with van der Waals surface area (Å²) in [5, 5.41) is 5.61. The van der Waals surface area contributed by atoms with Crippen molar-refractivity contribution in [3.63, 3.8) is 0 Å². The largest absolute Gasteiger partial charge is 0.453 e. The molecular formula is C20H25N3O2. The maximum Gasteiger partial charge on any atom is 0.219 e. The standard InChI is InChI=1S/C20H25N3O2/c1-13-8-16-12-23(10-13)11-14(2)20(16)22(3)19(21-25-20)18-9-15-6-4-5-7-17(15)24-18/h4-7,9,13-14,16H,8,10-12H2,1-3H3. The fraction of sp³-hybridized carbons (Fsp3) is 0.550. The van der Waals surface area contributed by atoms with Crippen molar-refractivity contribution in [2.24, 2.45) is 22.9 Å². The Morgan fingerprint density at radius 1 is 1.16 bits per heavy atom. The second-order valence-corrected chi connectivity index (χ2v) is 8.12. The lowest BCUT2D eigenvalue weighted by molar-refractivity contribution is -0.211. The van der Waals surface area contributed by atoms with Crippen molar-refractivity contribution in [1.82, 2.24) is 9.80 Å². The summed E-state index contributed by atoms with van der Waals surface area (Å²) >= 11 is 0. The van der Waals surface area contributed by atoms with E-state index in [1.807, 2.05) is 18.2 Å². The number of oxime groups is 1. The van der Waals surface area contributed by atoms with E-state index in [-0.39, 0.29) is 5.72 Å². The smallest absolute Gasteiger partial charge is 0.219 e. The fourth-order valence-corrected chi connectivity index (χ4v) is 5.31. The topological polar surface area (TPSA) is 41.2 Å². The van der Waals surface area contributed by atoms with Gasteiger partial charge in [0.05, 0.1) is 0 Å². The Hall–Kier alpha value is -2.01. The molecule has 5 unspecified atom stereocenters. The molecule has 132 valence electrons. The highest BCUT2D eigenvalue weighted by atomic mass is 16.7. The molecule has 3 aliphatic rings. The van der Waals surface area contributed by atoms with Gasteiger partial charge in [-0.3, -0.25) is 0 Å². The zero-order chi connectivity index (χ0) is 17.2. The lowest BCUT2D eigenvalue weighted by Gasteiger charge is -2.54. The monoisotopic (exact) mass is 339 g/mol. The molecule has 2 bridgehead atoms. The molecule has 1 aromatic heterocycles.